The van der Waals surface area contributed by atoms with E-state index in [9.17, 15) is 4.79 Å². The molecule has 3 aromatic rings. The van der Waals surface area contributed by atoms with Crippen molar-refractivity contribution in [3.05, 3.63) is 45.0 Å². The molecule has 2 aromatic heterocycles. The SMILES string of the molecule is COc1cc(/C=c2\sc3ncnn3c2=O)ccc1OCC(C)C. The molecule has 23 heavy (non-hydrogen) atoms. The van der Waals surface area contributed by atoms with E-state index in [0.717, 1.165) is 5.56 Å². The van der Waals surface area contributed by atoms with Crippen LogP contribution < -0.4 is 19.6 Å². The first-order valence-corrected chi connectivity index (χ1v) is 8.05. The zero-order chi connectivity index (χ0) is 16.4. The summed E-state index contributed by atoms with van der Waals surface area (Å²) in [4.78, 5) is 16.8. The van der Waals surface area contributed by atoms with Crippen LogP contribution in [-0.4, -0.2) is 28.3 Å². The fourth-order valence-electron chi connectivity index (χ4n) is 2.08. The minimum absolute atomic E-state index is 0.165. The van der Waals surface area contributed by atoms with Crippen molar-refractivity contribution in [2.24, 2.45) is 5.92 Å². The Hall–Kier alpha value is -2.41. The molecule has 0 fully saturated rings. The molecule has 0 amide bonds. The van der Waals surface area contributed by atoms with E-state index >= 15 is 0 Å². The van der Waals surface area contributed by atoms with Crippen LogP contribution in [0.4, 0.5) is 0 Å². The number of ether oxygens (including phenoxy) is 2. The average molecular weight is 331 g/mol. The Balaban J connectivity index is 1.97. The molecule has 0 saturated heterocycles. The van der Waals surface area contributed by atoms with E-state index < -0.39 is 0 Å². The van der Waals surface area contributed by atoms with Gasteiger partial charge in [0.15, 0.2) is 11.5 Å². The van der Waals surface area contributed by atoms with Crippen LogP contribution in [0.3, 0.4) is 0 Å². The van der Waals surface area contributed by atoms with E-state index in [1.54, 1.807) is 13.2 Å². The lowest BCUT2D eigenvalue weighted by molar-refractivity contribution is 0.257. The van der Waals surface area contributed by atoms with E-state index in [4.69, 9.17) is 9.47 Å². The summed E-state index contributed by atoms with van der Waals surface area (Å²) in [6, 6.07) is 5.60. The summed E-state index contributed by atoms with van der Waals surface area (Å²) in [7, 11) is 1.60. The molecule has 2 heterocycles. The number of hydrogen-bond acceptors (Lipinski definition) is 6. The maximum absolute atomic E-state index is 12.2. The second kappa shape index (κ2) is 6.37. The van der Waals surface area contributed by atoms with Crippen molar-refractivity contribution in [3.8, 4) is 11.5 Å². The third-order valence-electron chi connectivity index (χ3n) is 3.18. The molecule has 1 aromatic carbocycles. The normalized spacial score (nSPS) is 12.3. The van der Waals surface area contributed by atoms with Crippen LogP contribution >= 0.6 is 11.3 Å². The van der Waals surface area contributed by atoms with Gasteiger partial charge in [0.05, 0.1) is 18.2 Å². The molecule has 7 heteroatoms. The molecular weight excluding hydrogens is 314 g/mol. The molecule has 0 saturated carbocycles. The number of aromatic nitrogens is 3. The highest BCUT2D eigenvalue weighted by Gasteiger charge is 2.08. The fraction of sp³-hybridized carbons (Fsp3) is 0.312. The van der Waals surface area contributed by atoms with Gasteiger partial charge >= 0.3 is 0 Å². The lowest BCUT2D eigenvalue weighted by Crippen LogP contribution is -2.23. The predicted octanol–water partition coefficient (Wildman–Crippen LogP) is 1.74. The summed E-state index contributed by atoms with van der Waals surface area (Å²) in [6.45, 7) is 4.80. The molecule has 120 valence electrons. The Kier molecular flexibility index (Phi) is 4.29. The summed E-state index contributed by atoms with van der Waals surface area (Å²) in [5, 5.41) is 3.91. The smallest absolute Gasteiger partial charge is 0.291 e. The quantitative estimate of drug-likeness (QED) is 0.712. The van der Waals surface area contributed by atoms with E-state index in [0.29, 0.717) is 33.5 Å². The Morgan fingerprint density at radius 1 is 1.35 bits per heavy atom. The minimum atomic E-state index is -0.165. The van der Waals surface area contributed by atoms with Crippen LogP contribution in [0, 0.1) is 5.92 Å². The first-order chi connectivity index (χ1) is 11.1. The second-order valence-corrected chi connectivity index (χ2v) is 6.49. The third kappa shape index (κ3) is 3.19. The zero-order valence-corrected chi connectivity index (χ0v) is 14.0. The van der Waals surface area contributed by atoms with Crippen molar-refractivity contribution in [2.45, 2.75) is 13.8 Å². The maximum Gasteiger partial charge on any atom is 0.291 e. The van der Waals surface area contributed by atoms with Crippen LogP contribution in [0.1, 0.15) is 19.4 Å². The summed E-state index contributed by atoms with van der Waals surface area (Å²) in [5.74, 6) is 1.78. The first kappa shape index (κ1) is 15.5. The van der Waals surface area contributed by atoms with Gasteiger partial charge in [-0.25, -0.2) is 4.98 Å². The Labute approximate surface area is 137 Å². The molecule has 0 spiro atoms. The second-order valence-electron chi connectivity index (χ2n) is 5.49. The van der Waals surface area contributed by atoms with Gasteiger partial charge < -0.3 is 9.47 Å². The molecule has 0 aliphatic rings. The Morgan fingerprint density at radius 2 is 2.17 bits per heavy atom. The minimum Gasteiger partial charge on any atom is -0.493 e. The lowest BCUT2D eigenvalue weighted by atomic mass is 10.2. The number of hydrogen-bond donors (Lipinski definition) is 0. The van der Waals surface area contributed by atoms with Gasteiger partial charge in [-0.15, -0.1) is 0 Å². The molecule has 0 aliphatic carbocycles. The molecular formula is C16H17N3O3S. The van der Waals surface area contributed by atoms with Crippen molar-refractivity contribution < 1.29 is 9.47 Å². The van der Waals surface area contributed by atoms with Gasteiger partial charge in [-0.2, -0.15) is 9.61 Å². The number of nitrogens with zero attached hydrogens (tertiary/aromatic N) is 3. The van der Waals surface area contributed by atoms with Crippen LogP contribution in [-0.2, 0) is 0 Å². The fourth-order valence-corrected chi connectivity index (χ4v) is 2.96. The summed E-state index contributed by atoms with van der Waals surface area (Å²) < 4.78 is 13.0. The number of methoxy groups -OCH3 is 1. The van der Waals surface area contributed by atoms with E-state index in [1.807, 2.05) is 18.2 Å². The van der Waals surface area contributed by atoms with Crippen molar-refractivity contribution in [1.82, 2.24) is 14.6 Å². The van der Waals surface area contributed by atoms with Crippen molar-refractivity contribution >= 4 is 22.4 Å². The molecule has 6 nitrogen and oxygen atoms in total. The van der Waals surface area contributed by atoms with Crippen LogP contribution in [0.2, 0.25) is 0 Å². The molecule has 0 radical (unpaired) electrons. The highest BCUT2D eigenvalue weighted by Crippen LogP contribution is 2.28. The zero-order valence-electron chi connectivity index (χ0n) is 13.1. The van der Waals surface area contributed by atoms with E-state index in [-0.39, 0.29) is 5.56 Å². The maximum atomic E-state index is 12.2. The third-order valence-corrected chi connectivity index (χ3v) is 4.15. The van der Waals surface area contributed by atoms with Gasteiger partial charge in [0.2, 0.25) is 4.96 Å². The largest absolute Gasteiger partial charge is 0.493 e. The number of benzene rings is 1. The van der Waals surface area contributed by atoms with Gasteiger partial charge in [0, 0.05) is 0 Å². The summed E-state index contributed by atoms with van der Waals surface area (Å²) in [5.41, 5.74) is 0.696. The highest BCUT2D eigenvalue weighted by atomic mass is 32.1. The number of rotatable bonds is 5. The lowest BCUT2D eigenvalue weighted by Gasteiger charge is -2.12. The number of fused-ring (bicyclic) bond motifs is 1. The van der Waals surface area contributed by atoms with Crippen molar-refractivity contribution in [2.75, 3.05) is 13.7 Å². The monoisotopic (exact) mass is 331 g/mol. The standard InChI is InChI=1S/C16H17N3O3S/c1-10(2)8-22-12-5-4-11(6-13(12)21-3)7-14-15(20)19-16(23-14)17-9-18-19/h4-7,9-10H,8H2,1-3H3/b14-7-. The highest BCUT2D eigenvalue weighted by molar-refractivity contribution is 7.15. The average Bonchev–Trinajstić information content (AvgIpc) is 3.10. The molecule has 0 unspecified atom stereocenters. The van der Waals surface area contributed by atoms with Crippen LogP contribution in [0.25, 0.3) is 11.0 Å². The van der Waals surface area contributed by atoms with Crippen LogP contribution in [0.5, 0.6) is 11.5 Å². The van der Waals surface area contributed by atoms with Crippen molar-refractivity contribution in [1.29, 1.82) is 0 Å². The number of thiazole rings is 1. The van der Waals surface area contributed by atoms with Gasteiger partial charge in [-0.1, -0.05) is 31.3 Å². The Bertz CT molecular complexity index is 930. The molecule has 0 atom stereocenters. The topological polar surface area (TPSA) is 65.7 Å². The summed E-state index contributed by atoms with van der Waals surface area (Å²) >= 11 is 1.31. The van der Waals surface area contributed by atoms with Gasteiger partial charge in [0.25, 0.3) is 5.56 Å². The van der Waals surface area contributed by atoms with Crippen LogP contribution in [0.15, 0.2) is 29.3 Å². The van der Waals surface area contributed by atoms with Gasteiger partial charge in [-0.05, 0) is 29.7 Å². The van der Waals surface area contributed by atoms with Gasteiger partial charge in [0.1, 0.15) is 6.33 Å². The molecule has 3 rings (SSSR count). The van der Waals surface area contributed by atoms with E-state index in [1.165, 1.54) is 22.2 Å². The molecule has 0 N–H and O–H groups in total. The predicted molar refractivity (Wildman–Crippen MR) is 89.2 cm³/mol. The van der Waals surface area contributed by atoms with E-state index in [2.05, 4.69) is 23.9 Å². The molecule has 0 aliphatic heterocycles. The van der Waals surface area contributed by atoms with Crippen molar-refractivity contribution in [3.63, 3.8) is 0 Å². The summed E-state index contributed by atoms with van der Waals surface area (Å²) in [6.07, 6.45) is 3.18. The van der Waals surface area contributed by atoms with Gasteiger partial charge in [-0.3, -0.25) is 4.79 Å². The first-order valence-electron chi connectivity index (χ1n) is 7.23. The Morgan fingerprint density at radius 3 is 2.87 bits per heavy atom. The molecule has 0 bridgehead atoms.